The number of nitrogens with zero attached hydrogens (tertiary/aromatic N) is 1. The first-order valence-corrected chi connectivity index (χ1v) is 10.6. The predicted octanol–water partition coefficient (Wildman–Crippen LogP) is 5.04. The molecule has 1 aromatic rings. The first-order chi connectivity index (χ1) is 12.8. The number of fused-ring (bicyclic) bond motifs is 2. The van der Waals surface area contributed by atoms with Crippen LogP contribution in [0, 0.1) is 5.41 Å². The highest BCUT2D eigenvalue weighted by Crippen LogP contribution is 2.48. The van der Waals surface area contributed by atoms with Gasteiger partial charge in [-0.2, -0.15) is 0 Å². The maximum atomic E-state index is 11.9. The first kappa shape index (κ1) is 20.2. The number of hydrogen-bond donors (Lipinski definition) is 1. The van der Waals surface area contributed by atoms with Gasteiger partial charge in [0.2, 0.25) is 0 Å². The lowest BCUT2D eigenvalue weighted by Gasteiger charge is -2.47. The van der Waals surface area contributed by atoms with E-state index in [0.717, 1.165) is 12.8 Å². The Hall–Kier alpha value is -1.55. The lowest BCUT2D eigenvalue weighted by Crippen LogP contribution is -2.46. The standard InChI is InChI=1S/C23H36N2O2/c1-5-27-21(26)24-20-10-11-23(19-9-7-6-8-18(19)20)13-16-25(17-14-23)15-12-22(2,3)4/h6-9,20H,5,10-17H2,1-4H3,(H,24,26)/t20-/m0/s1. The number of carbonyl (C=O) groups is 1. The summed E-state index contributed by atoms with van der Waals surface area (Å²) in [7, 11) is 0. The molecule has 1 heterocycles. The van der Waals surface area contributed by atoms with E-state index in [9.17, 15) is 4.79 Å². The van der Waals surface area contributed by atoms with E-state index in [1.54, 1.807) is 0 Å². The number of nitrogens with one attached hydrogen (secondary N) is 1. The molecule has 1 spiro atoms. The Balaban J connectivity index is 1.69. The van der Waals surface area contributed by atoms with Crippen LogP contribution >= 0.6 is 0 Å². The van der Waals surface area contributed by atoms with E-state index in [4.69, 9.17) is 4.74 Å². The molecular weight excluding hydrogens is 336 g/mol. The minimum atomic E-state index is -0.301. The quantitative estimate of drug-likeness (QED) is 0.805. The van der Waals surface area contributed by atoms with Crippen molar-refractivity contribution in [3.05, 3.63) is 35.4 Å². The highest BCUT2D eigenvalue weighted by Gasteiger charge is 2.42. The van der Waals surface area contributed by atoms with Gasteiger partial charge in [0, 0.05) is 0 Å². The van der Waals surface area contributed by atoms with Gasteiger partial charge in [-0.3, -0.25) is 0 Å². The van der Waals surface area contributed by atoms with Crippen molar-refractivity contribution in [3.63, 3.8) is 0 Å². The van der Waals surface area contributed by atoms with Crippen LogP contribution in [-0.4, -0.2) is 37.2 Å². The van der Waals surface area contributed by atoms with Crippen LogP contribution in [-0.2, 0) is 10.2 Å². The van der Waals surface area contributed by atoms with Crippen LogP contribution in [0.15, 0.2) is 24.3 Å². The summed E-state index contributed by atoms with van der Waals surface area (Å²) < 4.78 is 5.11. The van der Waals surface area contributed by atoms with Gasteiger partial charge in [-0.05, 0) is 80.6 Å². The van der Waals surface area contributed by atoms with Crippen molar-refractivity contribution in [1.82, 2.24) is 10.2 Å². The van der Waals surface area contributed by atoms with Crippen molar-refractivity contribution in [2.75, 3.05) is 26.2 Å². The number of rotatable bonds is 4. The molecule has 1 aliphatic heterocycles. The Kier molecular flexibility index (Phi) is 6.15. The minimum Gasteiger partial charge on any atom is -0.450 e. The van der Waals surface area contributed by atoms with E-state index in [-0.39, 0.29) is 17.6 Å². The van der Waals surface area contributed by atoms with E-state index < -0.39 is 0 Å². The minimum absolute atomic E-state index is 0.0739. The summed E-state index contributed by atoms with van der Waals surface area (Å²) in [5.41, 5.74) is 3.42. The molecule has 0 saturated carbocycles. The summed E-state index contributed by atoms with van der Waals surface area (Å²) in [5.74, 6) is 0. The van der Waals surface area contributed by atoms with Crippen LogP contribution in [0.3, 0.4) is 0 Å². The fourth-order valence-corrected chi connectivity index (χ4v) is 4.68. The summed E-state index contributed by atoms with van der Waals surface area (Å²) >= 11 is 0. The highest BCUT2D eigenvalue weighted by molar-refractivity contribution is 5.68. The smallest absolute Gasteiger partial charge is 0.407 e. The maximum Gasteiger partial charge on any atom is 0.407 e. The zero-order valence-electron chi connectivity index (χ0n) is 17.5. The van der Waals surface area contributed by atoms with E-state index in [1.807, 2.05) is 6.92 Å². The van der Waals surface area contributed by atoms with Crippen molar-refractivity contribution in [2.45, 2.75) is 71.3 Å². The fourth-order valence-electron chi connectivity index (χ4n) is 4.68. The number of hydrogen-bond acceptors (Lipinski definition) is 3. The number of likely N-dealkylation sites (tertiary alicyclic amines) is 1. The lowest BCUT2D eigenvalue weighted by atomic mass is 9.63. The van der Waals surface area contributed by atoms with Gasteiger partial charge in [0.25, 0.3) is 0 Å². The Labute approximate surface area is 164 Å². The molecule has 1 fully saturated rings. The van der Waals surface area contributed by atoms with Crippen LogP contribution in [0.2, 0.25) is 0 Å². The Morgan fingerprint density at radius 3 is 2.59 bits per heavy atom. The van der Waals surface area contributed by atoms with Gasteiger partial charge in [0.05, 0.1) is 12.6 Å². The zero-order chi connectivity index (χ0) is 19.5. The molecule has 4 nitrogen and oxygen atoms in total. The second kappa shape index (κ2) is 8.22. The maximum absolute atomic E-state index is 11.9. The Morgan fingerprint density at radius 2 is 1.93 bits per heavy atom. The third-order valence-electron chi connectivity index (χ3n) is 6.38. The topological polar surface area (TPSA) is 41.6 Å². The molecule has 1 N–H and O–H groups in total. The van der Waals surface area contributed by atoms with Crippen LogP contribution in [0.4, 0.5) is 4.79 Å². The third-order valence-corrected chi connectivity index (χ3v) is 6.38. The summed E-state index contributed by atoms with van der Waals surface area (Å²) in [6.45, 7) is 12.8. The lowest BCUT2D eigenvalue weighted by molar-refractivity contribution is 0.122. The Bertz CT molecular complexity index is 642. The zero-order valence-corrected chi connectivity index (χ0v) is 17.5. The van der Waals surface area contributed by atoms with Crippen LogP contribution < -0.4 is 5.32 Å². The molecule has 1 amide bonds. The molecule has 2 aliphatic rings. The SMILES string of the molecule is CCOC(=O)N[C@H]1CCC2(CCN(CCC(C)(C)C)CC2)c2ccccc21. The summed E-state index contributed by atoms with van der Waals surface area (Å²) in [6, 6.07) is 8.80. The summed E-state index contributed by atoms with van der Waals surface area (Å²) in [6.07, 6.45) is 5.54. The fraction of sp³-hybridized carbons (Fsp3) is 0.696. The number of ether oxygens (including phenoxy) is 1. The molecule has 0 aromatic heterocycles. The normalized spacial score (nSPS) is 22.3. The molecule has 150 valence electrons. The number of benzene rings is 1. The van der Waals surface area contributed by atoms with Crippen molar-refractivity contribution in [3.8, 4) is 0 Å². The molecule has 1 aromatic carbocycles. The van der Waals surface area contributed by atoms with Crippen LogP contribution in [0.25, 0.3) is 0 Å². The van der Waals surface area contributed by atoms with Gasteiger partial charge in [-0.25, -0.2) is 4.79 Å². The first-order valence-electron chi connectivity index (χ1n) is 10.6. The molecule has 0 bridgehead atoms. The van der Waals surface area contributed by atoms with E-state index >= 15 is 0 Å². The molecule has 1 atom stereocenters. The van der Waals surface area contributed by atoms with Crippen LogP contribution in [0.1, 0.15) is 77.0 Å². The number of amides is 1. The molecule has 27 heavy (non-hydrogen) atoms. The molecule has 4 heteroatoms. The summed E-state index contributed by atoms with van der Waals surface area (Å²) in [5, 5.41) is 3.07. The second-order valence-electron chi connectivity index (χ2n) is 9.48. The molecule has 0 unspecified atom stereocenters. The van der Waals surface area contributed by atoms with E-state index in [0.29, 0.717) is 12.0 Å². The van der Waals surface area contributed by atoms with Crippen molar-refractivity contribution < 1.29 is 9.53 Å². The second-order valence-corrected chi connectivity index (χ2v) is 9.48. The van der Waals surface area contributed by atoms with Crippen molar-refractivity contribution in [1.29, 1.82) is 0 Å². The van der Waals surface area contributed by atoms with Gasteiger partial charge in [-0.15, -0.1) is 0 Å². The van der Waals surface area contributed by atoms with Crippen molar-refractivity contribution in [2.24, 2.45) is 5.41 Å². The van der Waals surface area contributed by atoms with Crippen molar-refractivity contribution >= 4 is 6.09 Å². The molecule has 0 radical (unpaired) electrons. The van der Waals surface area contributed by atoms with Gasteiger partial charge in [0.15, 0.2) is 0 Å². The summed E-state index contributed by atoms with van der Waals surface area (Å²) in [4.78, 5) is 14.6. The number of carbonyl (C=O) groups excluding carboxylic acids is 1. The largest absolute Gasteiger partial charge is 0.450 e. The molecule has 1 aliphatic carbocycles. The Morgan fingerprint density at radius 1 is 1.22 bits per heavy atom. The van der Waals surface area contributed by atoms with Crippen LogP contribution in [0.5, 0.6) is 0 Å². The molecular formula is C23H36N2O2. The monoisotopic (exact) mass is 372 g/mol. The van der Waals surface area contributed by atoms with E-state index in [2.05, 4.69) is 55.3 Å². The van der Waals surface area contributed by atoms with Gasteiger partial charge in [-0.1, -0.05) is 45.0 Å². The molecule has 3 rings (SSSR count). The van der Waals surface area contributed by atoms with Gasteiger partial charge >= 0.3 is 6.09 Å². The van der Waals surface area contributed by atoms with Gasteiger partial charge in [0.1, 0.15) is 0 Å². The number of piperidine rings is 1. The van der Waals surface area contributed by atoms with E-state index in [1.165, 1.54) is 50.0 Å². The van der Waals surface area contributed by atoms with Gasteiger partial charge < -0.3 is 15.0 Å². The average molecular weight is 373 g/mol. The molecule has 1 saturated heterocycles. The average Bonchev–Trinajstić information content (AvgIpc) is 2.64. The number of alkyl carbamates (subject to hydrolysis) is 1. The predicted molar refractivity (Wildman–Crippen MR) is 110 cm³/mol. The highest BCUT2D eigenvalue weighted by atomic mass is 16.5. The third kappa shape index (κ3) is 4.84.